The highest BCUT2D eigenvalue weighted by atomic mass is 16.2. The van der Waals surface area contributed by atoms with E-state index in [0.717, 1.165) is 37.1 Å². The number of likely N-dealkylation sites (tertiary alicyclic amines) is 1. The Hall–Kier alpha value is -2.66. The lowest BCUT2D eigenvalue weighted by Gasteiger charge is -2.34. The van der Waals surface area contributed by atoms with E-state index in [-0.39, 0.29) is 23.8 Å². The number of piperidine rings is 1. The number of hydrogen-bond donors (Lipinski definition) is 1. The molecular formula is C22H27N3O2. The van der Waals surface area contributed by atoms with Crippen molar-refractivity contribution in [3.8, 4) is 0 Å². The van der Waals surface area contributed by atoms with Gasteiger partial charge in [0.05, 0.1) is 12.6 Å². The number of carbonyl (C=O) groups is 2. The van der Waals surface area contributed by atoms with Crippen molar-refractivity contribution < 1.29 is 9.59 Å². The maximum absolute atomic E-state index is 13.0. The number of carbonyl (C=O) groups excluding carboxylic acids is 2. The molecule has 27 heavy (non-hydrogen) atoms. The van der Waals surface area contributed by atoms with Gasteiger partial charge in [-0.3, -0.25) is 14.5 Å². The minimum atomic E-state index is -0.230. The van der Waals surface area contributed by atoms with E-state index in [0.29, 0.717) is 6.54 Å². The maximum atomic E-state index is 13.0. The second-order valence-corrected chi connectivity index (χ2v) is 7.18. The Kier molecular flexibility index (Phi) is 6.24. The first-order chi connectivity index (χ1) is 13.1. The first-order valence-corrected chi connectivity index (χ1v) is 9.43. The summed E-state index contributed by atoms with van der Waals surface area (Å²) in [5.74, 6) is -0.216. The Bertz CT molecular complexity index is 716. The zero-order valence-corrected chi connectivity index (χ0v) is 15.8. The fourth-order valence-corrected chi connectivity index (χ4v) is 3.73. The molecule has 2 N–H and O–H groups in total. The summed E-state index contributed by atoms with van der Waals surface area (Å²) in [5, 5.41) is 0. The molecule has 0 spiro atoms. The SMILES string of the molecule is CN(C(=O)CN1CCC(C(N)=O)CC1)C(c1ccccc1)c1ccccc1. The average molecular weight is 365 g/mol. The highest BCUT2D eigenvalue weighted by molar-refractivity contribution is 5.79. The molecule has 1 heterocycles. The third kappa shape index (κ3) is 4.74. The van der Waals surface area contributed by atoms with Crippen LogP contribution in [0.1, 0.15) is 30.0 Å². The number of likely N-dealkylation sites (N-methyl/N-ethyl adjacent to an activating group) is 1. The standard InChI is InChI=1S/C22H27N3O2/c1-24(20(26)16-25-14-12-19(13-15-25)22(23)27)21(17-8-4-2-5-9-17)18-10-6-3-7-11-18/h2-11,19,21H,12-16H2,1H3,(H2,23,27). The molecule has 0 aliphatic carbocycles. The predicted octanol–water partition coefficient (Wildman–Crippen LogP) is 2.43. The lowest BCUT2D eigenvalue weighted by Crippen LogP contribution is -2.45. The lowest BCUT2D eigenvalue weighted by atomic mass is 9.96. The molecule has 2 amide bonds. The van der Waals surface area contributed by atoms with Gasteiger partial charge in [-0.2, -0.15) is 0 Å². The molecule has 0 aromatic heterocycles. The average Bonchev–Trinajstić information content (AvgIpc) is 2.70. The predicted molar refractivity (Wildman–Crippen MR) is 106 cm³/mol. The molecule has 0 radical (unpaired) electrons. The van der Waals surface area contributed by atoms with Crippen molar-refractivity contribution >= 4 is 11.8 Å². The molecule has 2 aromatic carbocycles. The summed E-state index contributed by atoms with van der Waals surface area (Å²) in [4.78, 5) is 28.3. The van der Waals surface area contributed by atoms with E-state index in [1.165, 1.54) is 0 Å². The molecule has 0 unspecified atom stereocenters. The van der Waals surface area contributed by atoms with Gasteiger partial charge in [-0.05, 0) is 37.1 Å². The van der Waals surface area contributed by atoms with E-state index in [1.54, 1.807) is 0 Å². The van der Waals surface area contributed by atoms with Gasteiger partial charge in [0, 0.05) is 13.0 Å². The molecule has 1 aliphatic rings. The molecule has 1 saturated heterocycles. The first kappa shape index (κ1) is 19.1. The van der Waals surface area contributed by atoms with Crippen LogP contribution in [0.2, 0.25) is 0 Å². The molecule has 0 bridgehead atoms. The van der Waals surface area contributed by atoms with E-state index < -0.39 is 0 Å². The fourth-order valence-electron chi connectivity index (χ4n) is 3.73. The van der Waals surface area contributed by atoms with E-state index in [9.17, 15) is 9.59 Å². The number of nitrogens with zero attached hydrogens (tertiary/aromatic N) is 2. The lowest BCUT2D eigenvalue weighted by molar-refractivity contribution is -0.133. The molecule has 3 rings (SSSR count). The number of primary amides is 1. The molecule has 5 nitrogen and oxygen atoms in total. The molecule has 1 aliphatic heterocycles. The molecule has 0 atom stereocenters. The van der Waals surface area contributed by atoms with Crippen LogP contribution < -0.4 is 5.73 Å². The zero-order valence-electron chi connectivity index (χ0n) is 15.8. The van der Waals surface area contributed by atoms with E-state index in [1.807, 2.05) is 48.3 Å². The van der Waals surface area contributed by atoms with Crippen LogP contribution in [0, 0.1) is 5.92 Å². The van der Waals surface area contributed by atoms with Crippen LogP contribution in [0.4, 0.5) is 0 Å². The number of nitrogens with two attached hydrogens (primary N) is 1. The van der Waals surface area contributed by atoms with E-state index in [4.69, 9.17) is 5.73 Å². The molecule has 5 heteroatoms. The van der Waals surface area contributed by atoms with Gasteiger partial charge in [0.1, 0.15) is 0 Å². The Balaban J connectivity index is 1.72. The molecule has 1 fully saturated rings. The quantitative estimate of drug-likeness (QED) is 0.855. The van der Waals surface area contributed by atoms with Gasteiger partial charge in [0.2, 0.25) is 11.8 Å². The minimum Gasteiger partial charge on any atom is -0.369 e. The Morgan fingerprint density at radius 1 is 1.00 bits per heavy atom. The highest BCUT2D eigenvalue weighted by Gasteiger charge is 2.28. The van der Waals surface area contributed by atoms with Crippen LogP contribution >= 0.6 is 0 Å². The Morgan fingerprint density at radius 2 is 1.48 bits per heavy atom. The number of amides is 2. The van der Waals surface area contributed by atoms with Crippen LogP contribution in [-0.2, 0) is 9.59 Å². The van der Waals surface area contributed by atoms with Crippen LogP contribution in [0.3, 0.4) is 0 Å². The van der Waals surface area contributed by atoms with Gasteiger partial charge in [0.15, 0.2) is 0 Å². The maximum Gasteiger partial charge on any atom is 0.237 e. The summed E-state index contributed by atoms with van der Waals surface area (Å²) in [5.41, 5.74) is 7.58. The largest absolute Gasteiger partial charge is 0.369 e. The van der Waals surface area contributed by atoms with Crippen LogP contribution in [0.5, 0.6) is 0 Å². The number of benzene rings is 2. The molecular weight excluding hydrogens is 338 g/mol. The topological polar surface area (TPSA) is 66.6 Å². The van der Waals surface area contributed by atoms with Crippen LogP contribution in [0.15, 0.2) is 60.7 Å². The van der Waals surface area contributed by atoms with Gasteiger partial charge in [-0.25, -0.2) is 0 Å². The molecule has 2 aromatic rings. The normalized spacial score (nSPS) is 15.6. The van der Waals surface area contributed by atoms with Gasteiger partial charge < -0.3 is 10.6 Å². The second kappa shape index (κ2) is 8.82. The van der Waals surface area contributed by atoms with Crippen LogP contribution in [0.25, 0.3) is 0 Å². The van der Waals surface area contributed by atoms with Gasteiger partial charge in [0.25, 0.3) is 0 Å². The van der Waals surface area contributed by atoms with E-state index in [2.05, 4.69) is 29.2 Å². The van der Waals surface area contributed by atoms with Gasteiger partial charge in [-0.15, -0.1) is 0 Å². The third-order valence-corrected chi connectivity index (χ3v) is 5.36. The summed E-state index contributed by atoms with van der Waals surface area (Å²) in [6.45, 7) is 1.82. The van der Waals surface area contributed by atoms with Crippen molar-refractivity contribution in [3.63, 3.8) is 0 Å². The van der Waals surface area contributed by atoms with Crippen molar-refractivity contribution in [1.82, 2.24) is 9.80 Å². The smallest absolute Gasteiger partial charge is 0.237 e. The Labute approximate surface area is 160 Å². The number of hydrogen-bond acceptors (Lipinski definition) is 3. The highest BCUT2D eigenvalue weighted by Crippen LogP contribution is 2.28. The van der Waals surface area contributed by atoms with Crippen molar-refractivity contribution in [2.75, 3.05) is 26.7 Å². The molecule has 142 valence electrons. The molecule has 0 saturated carbocycles. The summed E-state index contributed by atoms with van der Waals surface area (Å²) >= 11 is 0. The summed E-state index contributed by atoms with van der Waals surface area (Å²) < 4.78 is 0. The zero-order chi connectivity index (χ0) is 19.2. The van der Waals surface area contributed by atoms with Crippen molar-refractivity contribution in [2.24, 2.45) is 11.7 Å². The minimum absolute atomic E-state index is 0.0598. The summed E-state index contributed by atoms with van der Waals surface area (Å²) in [7, 11) is 1.86. The van der Waals surface area contributed by atoms with E-state index >= 15 is 0 Å². The van der Waals surface area contributed by atoms with Crippen molar-refractivity contribution in [1.29, 1.82) is 0 Å². The second-order valence-electron chi connectivity index (χ2n) is 7.18. The fraction of sp³-hybridized carbons (Fsp3) is 0.364. The van der Waals surface area contributed by atoms with Crippen molar-refractivity contribution in [2.45, 2.75) is 18.9 Å². The first-order valence-electron chi connectivity index (χ1n) is 9.43. The Morgan fingerprint density at radius 3 is 1.93 bits per heavy atom. The van der Waals surface area contributed by atoms with Gasteiger partial charge >= 0.3 is 0 Å². The third-order valence-electron chi connectivity index (χ3n) is 5.36. The summed E-state index contributed by atoms with van der Waals surface area (Å²) in [6, 6.07) is 20.1. The number of rotatable bonds is 6. The van der Waals surface area contributed by atoms with Crippen molar-refractivity contribution in [3.05, 3.63) is 71.8 Å². The summed E-state index contributed by atoms with van der Waals surface area (Å²) in [6.07, 6.45) is 1.46. The van der Waals surface area contributed by atoms with Crippen LogP contribution in [-0.4, -0.2) is 48.3 Å². The van der Waals surface area contributed by atoms with Gasteiger partial charge in [-0.1, -0.05) is 60.7 Å². The monoisotopic (exact) mass is 365 g/mol.